The lowest BCUT2D eigenvalue weighted by Gasteiger charge is -2.44. The van der Waals surface area contributed by atoms with Gasteiger partial charge in [-0.05, 0) is 25.0 Å². The van der Waals surface area contributed by atoms with Gasteiger partial charge in [-0.3, -0.25) is 9.59 Å². The second kappa shape index (κ2) is 9.96. The van der Waals surface area contributed by atoms with Crippen LogP contribution in [0, 0.1) is 10.8 Å². The van der Waals surface area contributed by atoms with Crippen molar-refractivity contribution in [1.82, 2.24) is 0 Å². The molecule has 0 N–H and O–H groups in total. The van der Waals surface area contributed by atoms with Crippen LogP contribution in [0.3, 0.4) is 0 Å². The van der Waals surface area contributed by atoms with Gasteiger partial charge in [-0.1, -0.05) is 72.8 Å². The lowest BCUT2D eigenvalue weighted by molar-refractivity contribution is -0.160. The predicted molar refractivity (Wildman–Crippen MR) is 117 cm³/mol. The first-order chi connectivity index (χ1) is 14.5. The van der Waals surface area contributed by atoms with E-state index >= 15 is 0 Å². The average Bonchev–Trinajstić information content (AvgIpc) is 2.77. The summed E-state index contributed by atoms with van der Waals surface area (Å²) < 4.78 is 12.0. The van der Waals surface area contributed by atoms with Gasteiger partial charge in [-0.2, -0.15) is 0 Å². The zero-order valence-electron chi connectivity index (χ0n) is 17.8. The molecule has 0 saturated carbocycles. The van der Waals surface area contributed by atoms with Crippen molar-refractivity contribution in [3.05, 3.63) is 83.9 Å². The standard InChI is InChI=1S/C26H30O4/c1-25(19-29-17-21-11-5-3-6-12-21)23(27)15-9-10-16-24(28)26(25,2)20-30-18-22-13-7-4-8-14-22/h3-14H,15-20H2,1-2H3/b10-9-/t25-,26+. The molecular formula is C26H30O4. The van der Waals surface area contributed by atoms with E-state index in [-0.39, 0.29) is 24.8 Å². The van der Waals surface area contributed by atoms with Gasteiger partial charge >= 0.3 is 0 Å². The van der Waals surface area contributed by atoms with Crippen LogP contribution < -0.4 is 0 Å². The summed E-state index contributed by atoms with van der Waals surface area (Å²) in [5.41, 5.74) is 0.126. The lowest BCUT2D eigenvalue weighted by Crippen LogP contribution is -2.54. The molecule has 3 rings (SSSR count). The zero-order valence-corrected chi connectivity index (χ0v) is 17.8. The van der Waals surface area contributed by atoms with Crippen molar-refractivity contribution in [2.45, 2.75) is 39.9 Å². The van der Waals surface area contributed by atoms with Crippen LogP contribution in [0.1, 0.15) is 37.8 Å². The molecule has 0 aliphatic heterocycles. The molecule has 4 heteroatoms. The van der Waals surface area contributed by atoms with E-state index < -0.39 is 10.8 Å². The first-order valence-electron chi connectivity index (χ1n) is 10.4. The van der Waals surface area contributed by atoms with E-state index in [2.05, 4.69) is 0 Å². The van der Waals surface area contributed by atoms with E-state index in [0.717, 1.165) is 11.1 Å². The third kappa shape index (κ3) is 4.94. The summed E-state index contributed by atoms with van der Waals surface area (Å²) in [4.78, 5) is 26.4. The van der Waals surface area contributed by atoms with E-state index in [1.165, 1.54) is 0 Å². The van der Waals surface area contributed by atoms with Crippen LogP contribution in [0.4, 0.5) is 0 Å². The minimum Gasteiger partial charge on any atom is -0.376 e. The molecule has 2 atom stereocenters. The Kier molecular flexibility index (Phi) is 7.35. The van der Waals surface area contributed by atoms with Crippen molar-refractivity contribution in [1.29, 1.82) is 0 Å². The Bertz CT molecular complexity index is 801. The van der Waals surface area contributed by atoms with Gasteiger partial charge in [0.25, 0.3) is 0 Å². The van der Waals surface area contributed by atoms with E-state index in [1.54, 1.807) is 12.2 Å². The monoisotopic (exact) mass is 406 g/mol. The Morgan fingerprint density at radius 3 is 1.40 bits per heavy atom. The Hall–Kier alpha value is -2.56. The van der Waals surface area contributed by atoms with E-state index in [1.807, 2.05) is 74.5 Å². The predicted octanol–water partition coefficient (Wildman–Crippen LogP) is 4.92. The van der Waals surface area contributed by atoms with Gasteiger partial charge in [0.2, 0.25) is 0 Å². The number of Topliss-reactive ketones (excluding diaryl/α,β-unsaturated/α-hetero) is 2. The average molecular weight is 407 g/mol. The van der Waals surface area contributed by atoms with Gasteiger partial charge in [-0.15, -0.1) is 0 Å². The maximum absolute atomic E-state index is 13.2. The van der Waals surface area contributed by atoms with Crippen LogP contribution in [0.5, 0.6) is 0 Å². The molecule has 2 aromatic carbocycles. The fraction of sp³-hybridized carbons (Fsp3) is 0.385. The molecular weight excluding hydrogens is 376 g/mol. The molecule has 2 aromatic rings. The number of ether oxygens (including phenoxy) is 2. The normalized spacial score (nSPS) is 25.5. The van der Waals surface area contributed by atoms with Gasteiger partial charge in [0, 0.05) is 12.8 Å². The molecule has 1 aliphatic rings. The molecule has 1 aliphatic carbocycles. The van der Waals surface area contributed by atoms with E-state index in [4.69, 9.17) is 9.47 Å². The Labute approximate surface area is 178 Å². The Balaban J connectivity index is 1.77. The first kappa shape index (κ1) is 22.1. The van der Waals surface area contributed by atoms with Crippen LogP contribution in [-0.4, -0.2) is 24.8 Å². The summed E-state index contributed by atoms with van der Waals surface area (Å²) in [6.45, 7) is 4.84. The van der Waals surface area contributed by atoms with Gasteiger partial charge in [-0.25, -0.2) is 0 Å². The first-order valence-corrected chi connectivity index (χ1v) is 10.4. The van der Waals surface area contributed by atoms with Gasteiger partial charge < -0.3 is 9.47 Å². The largest absolute Gasteiger partial charge is 0.376 e. The van der Waals surface area contributed by atoms with Crippen LogP contribution in [0.2, 0.25) is 0 Å². The third-order valence-corrected chi connectivity index (χ3v) is 6.23. The molecule has 0 bridgehead atoms. The minimum atomic E-state index is -0.972. The second-order valence-corrected chi connectivity index (χ2v) is 8.35. The molecule has 0 unspecified atom stereocenters. The van der Waals surface area contributed by atoms with Crippen molar-refractivity contribution in [2.24, 2.45) is 10.8 Å². The van der Waals surface area contributed by atoms with Crippen molar-refractivity contribution in [3.63, 3.8) is 0 Å². The van der Waals surface area contributed by atoms with Crippen LogP contribution in [0.15, 0.2) is 72.8 Å². The number of hydrogen-bond acceptors (Lipinski definition) is 4. The van der Waals surface area contributed by atoms with Crippen molar-refractivity contribution < 1.29 is 19.1 Å². The molecule has 4 nitrogen and oxygen atoms in total. The van der Waals surface area contributed by atoms with Gasteiger partial charge in [0.05, 0.1) is 37.3 Å². The van der Waals surface area contributed by atoms with Crippen molar-refractivity contribution in [2.75, 3.05) is 13.2 Å². The summed E-state index contributed by atoms with van der Waals surface area (Å²) in [7, 11) is 0. The van der Waals surface area contributed by atoms with Crippen LogP contribution in [-0.2, 0) is 32.3 Å². The lowest BCUT2D eigenvalue weighted by atomic mass is 9.60. The quantitative estimate of drug-likeness (QED) is 0.584. The number of carbonyl (C=O) groups excluding carboxylic acids is 2. The van der Waals surface area contributed by atoms with E-state index in [9.17, 15) is 9.59 Å². The minimum absolute atomic E-state index is 0.00525. The number of rotatable bonds is 8. The summed E-state index contributed by atoms with van der Waals surface area (Å²) in [5, 5.41) is 0. The van der Waals surface area contributed by atoms with Crippen LogP contribution >= 0.6 is 0 Å². The fourth-order valence-electron chi connectivity index (χ4n) is 3.82. The van der Waals surface area contributed by atoms with Crippen molar-refractivity contribution in [3.8, 4) is 0 Å². The molecule has 0 saturated heterocycles. The molecule has 0 spiro atoms. The Morgan fingerprint density at radius 1 is 0.667 bits per heavy atom. The summed E-state index contributed by atoms with van der Waals surface area (Å²) >= 11 is 0. The number of hydrogen-bond donors (Lipinski definition) is 0. The molecule has 0 heterocycles. The topological polar surface area (TPSA) is 52.6 Å². The fourth-order valence-corrected chi connectivity index (χ4v) is 3.82. The smallest absolute Gasteiger partial charge is 0.145 e. The highest BCUT2D eigenvalue weighted by molar-refractivity contribution is 5.97. The van der Waals surface area contributed by atoms with Gasteiger partial charge in [0.15, 0.2) is 0 Å². The van der Waals surface area contributed by atoms with Crippen LogP contribution in [0.25, 0.3) is 0 Å². The zero-order chi connectivity index (χ0) is 21.5. The Morgan fingerprint density at radius 2 is 1.03 bits per heavy atom. The SMILES string of the molecule is C[C@]1(COCc2ccccc2)C(=O)C/C=C\CC(=O)[C@@]1(C)COCc1ccccc1. The number of carbonyl (C=O) groups is 2. The molecule has 158 valence electrons. The maximum atomic E-state index is 13.2. The third-order valence-electron chi connectivity index (χ3n) is 6.23. The molecule has 0 aromatic heterocycles. The highest BCUT2D eigenvalue weighted by Crippen LogP contribution is 2.44. The number of ketones is 2. The van der Waals surface area contributed by atoms with E-state index in [0.29, 0.717) is 26.1 Å². The highest BCUT2D eigenvalue weighted by Gasteiger charge is 2.54. The molecule has 0 radical (unpaired) electrons. The summed E-state index contributed by atoms with van der Waals surface area (Å²) in [6, 6.07) is 19.7. The molecule has 30 heavy (non-hydrogen) atoms. The molecule has 0 fully saturated rings. The van der Waals surface area contributed by atoms with Crippen molar-refractivity contribution >= 4 is 11.6 Å². The summed E-state index contributed by atoms with van der Waals surface area (Å²) in [5.74, 6) is 0.0105. The number of benzene rings is 2. The molecule has 0 amide bonds. The summed E-state index contributed by atoms with van der Waals surface area (Å²) in [6.07, 6.45) is 4.18. The maximum Gasteiger partial charge on any atom is 0.145 e. The second-order valence-electron chi connectivity index (χ2n) is 8.35. The highest BCUT2D eigenvalue weighted by atomic mass is 16.5. The van der Waals surface area contributed by atoms with Gasteiger partial charge in [0.1, 0.15) is 11.6 Å². The number of allylic oxidation sites excluding steroid dienone is 2.